The van der Waals surface area contributed by atoms with Crippen LogP contribution < -0.4 is 0 Å². The van der Waals surface area contributed by atoms with E-state index in [-0.39, 0.29) is 31.1 Å². The molecule has 0 aromatic rings. The van der Waals surface area contributed by atoms with Crippen molar-refractivity contribution in [3.8, 4) is 0 Å². The molecule has 144 valence electrons. The van der Waals surface area contributed by atoms with Crippen molar-refractivity contribution in [1.82, 2.24) is 4.90 Å². The molecule has 6 unspecified atom stereocenters. The van der Waals surface area contributed by atoms with Gasteiger partial charge in [-0.05, 0) is 6.42 Å². The van der Waals surface area contributed by atoms with E-state index in [0.717, 1.165) is 0 Å². The molecule has 2 bridgehead atoms. The largest absolute Gasteiger partial charge is 0.458 e. The Labute approximate surface area is 150 Å². The van der Waals surface area contributed by atoms with Gasteiger partial charge in [-0.25, -0.2) is 0 Å². The number of hydrogen-bond acceptors (Lipinski definition) is 9. The van der Waals surface area contributed by atoms with Crippen molar-refractivity contribution in [2.45, 2.75) is 18.6 Å². The highest BCUT2D eigenvalue weighted by Crippen LogP contribution is 2.58. The molecule has 6 atom stereocenters. The topological polar surface area (TPSA) is 101 Å². The fourth-order valence-electron chi connectivity index (χ4n) is 4.81. The second kappa shape index (κ2) is 7.13. The molecule has 2 saturated heterocycles. The van der Waals surface area contributed by atoms with Gasteiger partial charge < -0.3 is 23.7 Å². The second-order valence-electron chi connectivity index (χ2n) is 7.23. The molecule has 2 heterocycles. The van der Waals surface area contributed by atoms with Crippen molar-refractivity contribution >= 4 is 17.9 Å². The molecule has 0 aromatic carbocycles. The zero-order chi connectivity index (χ0) is 18.3. The van der Waals surface area contributed by atoms with Crippen molar-refractivity contribution in [2.75, 3.05) is 46.8 Å². The summed E-state index contributed by atoms with van der Waals surface area (Å²) >= 11 is 0. The molecule has 0 radical (unpaired) electrons. The number of rotatable bonds is 6. The number of hydrogen-bond donors (Lipinski definition) is 0. The number of esters is 3. The Morgan fingerprint density at radius 2 is 2.00 bits per heavy atom. The SMILES string of the molecule is COCOC(=O)C1C2CC3C(OC(=O)C31)C2OC(=O)CN1CCOCC1. The van der Waals surface area contributed by atoms with E-state index < -0.39 is 36.0 Å². The zero-order valence-corrected chi connectivity index (χ0v) is 14.6. The number of carbonyl (C=O) groups excluding carboxylic acids is 3. The zero-order valence-electron chi connectivity index (χ0n) is 14.6. The number of ether oxygens (including phenoxy) is 5. The van der Waals surface area contributed by atoms with Gasteiger partial charge in [0.15, 0.2) is 6.79 Å². The van der Waals surface area contributed by atoms with Gasteiger partial charge in [-0.15, -0.1) is 0 Å². The summed E-state index contributed by atoms with van der Waals surface area (Å²) in [4.78, 5) is 38.9. The van der Waals surface area contributed by atoms with Gasteiger partial charge in [-0.1, -0.05) is 0 Å². The molecule has 0 N–H and O–H groups in total. The predicted octanol–water partition coefficient (Wildman–Crippen LogP) is -0.815. The van der Waals surface area contributed by atoms with E-state index in [2.05, 4.69) is 0 Å². The van der Waals surface area contributed by atoms with Crippen LogP contribution in [0.15, 0.2) is 0 Å². The smallest absolute Gasteiger partial charge is 0.320 e. The van der Waals surface area contributed by atoms with Gasteiger partial charge in [-0.2, -0.15) is 0 Å². The number of fused-ring (bicyclic) bond motifs is 1. The van der Waals surface area contributed by atoms with E-state index in [9.17, 15) is 14.4 Å². The van der Waals surface area contributed by atoms with E-state index >= 15 is 0 Å². The van der Waals surface area contributed by atoms with Crippen LogP contribution in [0.5, 0.6) is 0 Å². The first-order valence-corrected chi connectivity index (χ1v) is 8.96. The molecule has 0 amide bonds. The highest BCUT2D eigenvalue weighted by molar-refractivity contribution is 5.86. The highest BCUT2D eigenvalue weighted by Gasteiger charge is 2.70. The Hall–Kier alpha value is -1.71. The molecule has 4 aliphatic rings. The van der Waals surface area contributed by atoms with E-state index in [1.807, 2.05) is 4.90 Å². The van der Waals surface area contributed by atoms with Crippen LogP contribution in [0.25, 0.3) is 0 Å². The van der Waals surface area contributed by atoms with Crippen LogP contribution in [0.2, 0.25) is 0 Å². The van der Waals surface area contributed by atoms with Crippen LogP contribution >= 0.6 is 0 Å². The summed E-state index contributed by atoms with van der Waals surface area (Å²) in [5.74, 6) is -2.73. The Morgan fingerprint density at radius 1 is 1.23 bits per heavy atom. The van der Waals surface area contributed by atoms with Crippen molar-refractivity contribution in [2.24, 2.45) is 23.7 Å². The Kier molecular flexibility index (Phi) is 4.85. The average molecular weight is 369 g/mol. The minimum atomic E-state index is -0.636. The third kappa shape index (κ3) is 2.97. The lowest BCUT2D eigenvalue weighted by atomic mass is 9.78. The molecule has 2 aliphatic heterocycles. The van der Waals surface area contributed by atoms with Gasteiger partial charge in [0.05, 0.1) is 31.6 Å². The summed E-state index contributed by atoms with van der Waals surface area (Å²) in [5.41, 5.74) is 0. The van der Waals surface area contributed by atoms with Gasteiger partial charge in [0.1, 0.15) is 12.2 Å². The van der Waals surface area contributed by atoms with Gasteiger partial charge in [0, 0.05) is 32.0 Å². The summed E-state index contributed by atoms with van der Waals surface area (Å²) in [5, 5.41) is 0. The fraction of sp³-hybridized carbons (Fsp3) is 0.824. The molecule has 9 heteroatoms. The van der Waals surface area contributed by atoms with Gasteiger partial charge in [0.25, 0.3) is 0 Å². The number of carbonyl (C=O) groups is 3. The third-order valence-electron chi connectivity index (χ3n) is 5.86. The summed E-state index contributed by atoms with van der Waals surface area (Å²) in [6.45, 7) is 2.55. The van der Waals surface area contributed by atoms with Crippen molar-refractivity contribution in [3.05, 3.63) is 0 Å². The predicted molar refractivity (Wildman–Crippen MR) is 83.6 cm³/mol. The Morgan fingerprint density at radius 3 is 2.73 bits per heavy atom. The summed E-state index contributed by atoms with van der Waals surface area (Å²) in [6, 6.07) is 0. The maximum atomic E-state index is 12.4. The number of morpholine rings is 1. The molecular weight excluding hydrogens is 346 g/mol. The van der Waals surface area contributed by atoms with Crippen molar-refractivity contribution in [3.63, 3.8) is 0 Å². The van der Waals surface area contributed by atoms with Crippen LogP contribution in [0, 0.1) is 23.7 Å². The van der Waals surface area contributed by atoms with E-state index in [1.54, 1.807) is 0 Å². The van der Waals surface area contributed by atoms with Crippen molar-refractivity contribution < 1.29 is 38.1 Å². The van der Waals surface area contributed by atoms with Gasteiger partial charge >= 0.3 is 17.9 Å². The molecule has 26 heavy (non-hydrogen) atoms. The van der Waals surface area contributed by atoms with Crippen molar-refractivity contribution in [1.29, 1.82) is 0 Å². The van der Waals surface area contributed by atoms with E-state index in [0.29, 0.717) is 32.7 Å². The molecule has 2 saturated carbocycles. The average Bonchev–Trinajstić information content (AvgIpc) is 3.24. The summed E-state index contributed by atoms with van der Waals surface area (Å²) in [7, 11) is 1.42. The maximum absolute atomic E-state index is 12.4. The van der Waals surface area contributed by atoms with E-state index in [4.69, 9.17) is 23.7 Å². The monoisotopic (exact) mass is 369 g/mol. The quantitative estimate of drug-likeness (QED) is 0.338. The molecule has 0 aromatic heterocycles. The molecule has 2 aliphatic carbocycles. The summed E-state index contributed by atoms with van der Waals surface area (Å²) in [6.07, 6.45) is -0.405. The first-order valence-electron chi connectivity index (χ1n) is 8.96. The standard InChI is InChI=1S/C17H23NO8/c1-22-8-24-16(20)12-9-6-10-13(12)17(21)26-15(10)14(9)25-11(19)7-18-2-4-23-5-3-18/h9-10,12-15H,2-8H2,1H3. The van der Waals surface area contributed by atoms with Gasteiger partial charge in [0.2, 0.25) is 0 Å². The lowest BCUT2D eigenvalue weighted by Gasteiger charge is -2.31. The Bertz CT molecular complexity index is 589. The first kappa shape index (κ1) is 17.7. The number of nitrogens with zero attached hydrogens (tertiary/aromatic N) is 1. The maximum Gasteiger partial charge on any atom is 0.320 e. The third-order valence-corrected chi connectivity index (χ3v) is 5.86. The van der Waals surface area contributed by atoms with Crippen LogP contribution in [0.3, 0.4) is 0 Å². The molecule has 9 nitrogen and oxygen atoms in total. The fourth-order valence-corrected chi connectivity index (χ4v) is 4.81. The van der Waals surface area contributed by atoms with Crippen LogP contribution in [-0.4, -0.2) is 81.8 Å². The minimum Gasteiger partial charge on any atom is -0.458 e. The molecular formula is C17H23NO8. The van der Waals surface area contributed by atoms with Crippen LogP contribution in [0.4, 0.5) is 0 Å². The molecule has 4 rings (SSSR count). The number of methoxy groups -OCH3 is 1. The second-order valence-corrected chi connectivity index (χ2v) is 7.23. The van der Waals surface area contributed by atoms with Gasteiger partial charge in [-0.3, -0.25) is 19.3 Å². The molecule has 0 spiro atoms. The first-order chi connectivity index (χ1) is 12.6. The summed E-state index contributed by atoms with van der Waals surface area (Å²) < 4.78 is 26.2. The van der Waals surface area contributed by atoms with E-state index in [1.165, 1.54) is 7.11 Å². The van der Waals surface area contributed by atoms with Crippen LogP contribution in [0.1, 0.15) is 6.42 Å². The normalized spacial score (nSPS) is 38.3. The lowest BCUT2D eigenvalue weighted by molar-refractivity contribution is -0.171. The molecule has 4 fully saturated rings. The lowest BCUT2D eigenvalue weighted by Crippen LogP contribution is -2.46. The van der Waals surface area contributed by atoms with Crippen LogP contribution in [-0.2, 0) is 38.1 Å². The Balaban J connectivity index is 1.43. The minimum absolute atomic E-state index is 0.0891. The highest BCUT2D eigenvalue weighted by atomic mass is 16.7.